The van der Waals surface area contributed by atoms with E-state index in [9.17, 15) is 17.2 Å². The van der Waals surface area contributed by atoms with Crippen LogP contribution >= 0.6 is 0 Å². The Kier molecular flexibility index (Phi) is 3.69. The highest BCUT2D eigenvalue weighted by molar-refractivity contribution is 7.89. The number of aryl methyl sites for hydroxylation is 1. The Hall–Kier alpha value is -1.87. The van der Waals surface area contributed by atoms with Crippen molar-refractivity contribution in [2.75, 3.05) is 13.1 Å². The monoisotopic (exact) mass is 368 g/mol. The molecule has 25 heavy (non-hydrogen) atoms. The van der Waals surface area contributed by atoms with E-state index in [1.54, 1.807) is 10.9 Å². The number of hydrogen-bond donors (Lipinski definition) is 0. The first-order chi connectivity index (χ1) is 11.8. The van der Waals surface area contributed by atoms with Crippen LogP contribution in [0.1, 0.15) is 31.0 Å². The Labute approximate surface area is 144 Å². The Morgan fingerprint density at radius 2 is 2.04 bits per heavy atom. The molecule has 6 nitrogen and oxygen atoms in total. The molecule has 2 aliphatic rings. The molecule has 1 saturated carbocycles. The van der Waals surface area contributed by atoms with Crippen LogP contribution < -0.4 is 0 Å². The standard InChI is InChI=1S/C16H18F2N4O2S/c1-21-10-19-20-15(21)12-8-22(9-16(12)5-2-6-16)25(23,24)14-4-3-11(17)7-13(14)18/h3-4,7,10,12H,2,5-6,8-9H2,1H3. The third kappa shape index (κ3) is 2.48. The molecule has 1 spiro atoms. The fraction of sp³-hybridized carbons (Fsp3) is 0.500. The topological polar surface area (TPSA) is 68.1 Å². The third-order valence-electron chi connectivity index (χ3n) is 5.54. The van der Waals surface area contributed by atoms with Crippen molar-refractivity contribution in [3.63, 3.8) is 0 Å². The molecule has 1 aromatic heterocycles. The minimum atomic E-state index is -4.04. The van der Waals surface area contributed by atoms with E-state index in [1.165, 1.54) is 4.31 Å². The van der Waals surface area contributed by atoms with Crippen LogP contribution in [0, 0.1) is 17.0 Å². The van der Waals surface area contributed by atoms with Crippen LogP contribution in [0.2, 0.25) is 0 Å². The van der Waals surface area contributed by atoms with Gasteiger partial charge in [0.05, 0.1) is 0 Å². The van der Waals surface area contributed by atoms with Gasteiger partial charge in [0.1, 0.15) is 28.7 Å². The summed E-state index contributed by atoms with van der Waals surface area (Å²) in [7, 11) is -2.20. The van der Waals surface area contributed by atoms with Gasteiger partial charge in [0, 0.05) is 32.1 Å². The van der Waals surface area contributed by atoms with Gasteiger partial charge in [0.15, 0.2) is 0 Å². The smallest absolute Gasteiger partial charge is 0.246 e. The van der Waals surface area contributed by atoms with E-state index in [-0.39, 0.29) is 17.9 Å². The second-order valence-corrected chi connectivity index (χ2v) is 8.85. The quantitative estimate of drug-likeness (QED) is 0.832. The highest BCUT2D eigenvalue weighted by Gasteiger charge is 2.55. The molecule has 9 heteroatoms. The Morgan fingerprint density at radius 1 is 1.28 bits per heavy atom. The van der Waals surface area contributed by atoms with Crippen molar-refractivity contribution in [2.24, 2.45) is 12.5 Å². The lowest BCUT2D eigenvalue weighted by Crippen LogP contribution is -2.38. The molecule has 0 radical (unpaired) electrons. The van der Waals surface area contributed by atoms with Crippen molar-refractivity contribution in [3.8, 4) is 0 Å². The summed E-state index contributed by atoms with van der Waals surface area (Å²) in [4.78, 5) is -0.484. The molecule has 4 rings (SSSR count). The summed E-state index contributed by atoms with van der Waals surface area (Å²) >= 11 is 0. The second-order valence-electron chi connectivity index (χ2n) is 6.94. The van der Waals surface area contributed by atoms with Gasteiger partial charge in [0.2, 0.25) is 10.0 Å². The summed E-state index contributed by atoms with van der Waals surface area (Å²) in [5.41, 5.74) is -0.176. The summed E-state index contributed by atoms with van der Waals surface area (Å²) in [6, 6.07) is 2.55. The lowest BCUT2D eigenvalue weighted by atomic mass is 9.62. The zero-order chi connectivity index (χ0) is 17.8. The molecule has 1 saturated heterocycles. The predicted molar refractivity (Wildman–Crippen MR) is 85.1 cm³/mol. The fourth-order valence-electron chi connectivity index (χ4n) is 4.03. The Bertz CT molecular complexity index is 924. The summed E-state index contributed by atoms with van der Waals surface area (Å²) in [6.07, 6.45) is 4.44. The summed E-state index contributed by atoms with van der Waals surface area (Å²) < 4.78 is 56.1. The molecule has 1 unspecified atom stereocenters. The van der Waals surface area contributed by atoms with Gasteiger partial charge >= 0.3 is 0 Å². The Morgan fingerprint density at radius 3 is 2.60 bits per heavy atom. The van der Waals surface area contributed by atoms with Gasteiger partial charge in [-0.1, -0.05) is 6.42 Å². The molecule has 2 heterocycles. The molecule has 0 amide bonds. The van der Waals surface area contributed by atoms with Gasteiger partial charge in [-0.3, -0.25) is 0 Å². The molecule has 1 aliphatic carbocycles. The van der Waals surface area contributed by atoms with Gasteiger partial charge in [0.25, 0.3) is 0 Å². The number of hydrogen-bond acceptors (Lipinski definition) is 4. The van der Waals surface area contributed by atoms with E-state index < -0.39 is 26.6 Å². The van der Waals surface area contributed by atoms with Crippen molar-refractivity contribution in [1.29, 1.82) is 0 Å². The second kappa shape index (κ2) is 5.57. The van der Waals surface area contributed by atoms with Gasteiger partial charge < -0.3 is 4.57 Å². The minimum absolute atomic E-state index is 0.0768. The van der Waals surface area contributed by atoms with Crippen LogP contribution in [0.15, 0.2) is 29.4 Å². The van der Waals surface area contributed by atoms with Crippen molar-refractivity contribution in [3.05, 3.63) is 42.0 Å². The molecule has 134 valence electrons. The van der Waals surface area contributed by atoms with Crippen LogP contribution in [0.4, 0.5) is 8.78 Å². The summed E-state index contributed by atoms with van der Waals surface area (Å²) in [6.45, 7) is 0.551. The number of benzene rings is 1. The molecule has 2 fully saturated rings. The number of nitrogens with zero attached hydrogens (tertiary/aromatic N) is 4. The van der Waals surface area contributed by atoms with Crippen LogP contribution in [0.3, 0.4) is 0 Å². The molecule has 0 N–H and O–H groups in total. The average Bonchev–Trinajstić information content (AvgIpc) is 3.09. The van der Waals surface area contributed by atoms with Crippen molar-refractivity contribution < 1.29 is 17.2 Å². The van der Waals surface area contributed by atoms with Crippen LogP contribution in [0.5, 0.6) is 0 Å². The van der Waals surface area contributed by atoms with Crippen molar-refractivity contribution in [1.82, 2.24) is 19.1 Å². The highest BCUT2D eigenvalue weighted by Crippen LogP contribution is 2.56. The fourth-order valence-corrected chi connectivity index (χ4v) is 5.63. The predicted octanol–water partition coefficient (Wildman–Crippen LogP) is 2.05. The lowest BCUT2D eigenvalue weighted by molar-refractivity contribution is 0.126. The maximum Gasteiger partial charge on any atom is 0.246 e. The number of rotatable bonds is 3. The highest BCUT2D eigenvalue weighted by atomic mass is 32.2. The van der Waals surface area contributed by atoms with Gasteiger partial charge in [-0.25, -0.2) is 17.2 Å². The first-order valence-electron chi connectivity index (χ1n) is 8.13. The van der Waals surface area contributed by atoms with Crippen LogP contribution in [0.25, 0.3) is 0 Å². The van der Waals surface area contributed by atoms with E-state index in [0.29, 0.717) is 12.6 Å². The van der Waals surface area contributed by atoms with Crippen molar-refractivity contribution >= 4 is 10.0 Å². The summed E-state index contributed by atoms with van der Waals surface area (Å²) in [5.74, 6) is -1.20. The van der Waals surface area contributed by atoms with E-state index >= 15 is 0 Å². The molecule has 1 aliphatic heterocycles. The lowest BCUT2D eigenvalue weighted by Gasteiger charge is -2.42. The largest absolute Gasteiger partial charge is 0.320 e. The number of halogens is 2. The SMILES string of the molecule is Cn1cnnc1C1CN(S(=O)(=O)c2ccc(F)cc2F)CC12CCC2. The van der Waals surface area contributed by atoms with Gasteiger partial charge in [-0.15, -0.1) is 10.2 Å². The zero-order valence-electron chi connectivity index (χ0n) is 13.7. The zero-order valence-corrected chi connectivity index (χ0v) is 14.5. The molecular weight excluding hydrogens is 350 g/mol. The van der Waals surface area contributed by atoms with E-state index in [2.05, 4.69) is 10.2 Å². The maximum atomic E-state index is 14.1. The molecule has 0 bridgehead atoms. The third-order valence-corrected chi connectivity index (χ3v) is 7.38. The summed E-state index contributed by atoms with van der Waals surface area (Å²) in [5, 5.41) is 8.06. The van der Waals surface area contributed by atoms with Crippen molar-refractivity contribution in [2.45, 2.75) is 30.1 Å². The maximum absolute atomic E-state index is 14.1. The van der Waals surface area contributed by atoms with E-state index in [1.807, 2.05) is 7.05 Å². The van der Waals surface area contributed by atoms with Gasteiger partial charge in [-0.05, 0) is 30.4 Å². The van der Waals surface area contributed by atoms with Gasteiger partial charge in [-0.2, -0.15) is 4.31 Å². The molecule has 2 aromatic rings. The van der Waals surface area contributed by atoms with Crippen LogP contribution in [-0.2, 0) is 17.1 Å². The van der Waals surface area contributed by atoms with E-state index in [4.69, 9.17) is 0 Å². The minimum Gasteiger partial charge on any atom is -0.320 e. The first kappa shape index (κ1) is 16.6. The van der Waals surface area contributed by atoms with Crippen LogP contribution in [-0.4, -0.2) is 40.6 Å². The average molecular weight is 368 g/mol. The Balaban J connectivity index is 1.71. The first-order valence-corrected chi connectivity index (χ1v) is 9.57. The molecule has 1 aromatic carbocycles. The van der Waals surface area contributed by atoms with E-state index in [0.717, 1.165) is 37.2 Å². The molecular formula is C16H18F2N4O2S. The normalized spacial score (nSPS) is 23.1. The molecule has 1 atom stereocenters. The number of sulfonamides is 1. The number of aromatic nitrogens is 3.